The Hall–Kier alpha value is -0.0900. The maximum Gasteiger partial charge on any atom is 0.226 e. The molecule has 3 nitrogen and oxygen atoms in total. The summed E-state index contributed by atoms with van der Waals surface area (Å²) in [5.41, 5.74) is 0. The van der Waals surface area contributed by atoms with Crippen LogP contribution in [0.15, 0.2) is 0 Å². The first-order chi connectivity index (χ1) is 8.70. The largest absolute Gasteiger partial charge is 0.371 e. The summed E-state index contributed by atoms with van der Waals surface area (Å²) in [6.07, 6.45) is 5.55. The van der Waals surface area contributed by atoms with E-state index in [9.17, 15) is 4.79 Å². The first-order valence-electron chi connectivity index (χ1n) is 7.21. The van der Waals surface area contributed by atoms with Crippen LogP contribution in [-0.4, -0.2) is 41.4 Å². The van der Waals surface area contributed by atoms with Gasteiger partial charge in [0.05, 0.1) is 12.2 Å². The van der Waals surface area contributed by atoms with Crippen molar-refractivity contribution in [1.82, 2.24) is 4.90 Å². The monoisotopic (exact) mass is 315 g/mol. The summed E-state index contributed by atoms with van der Waals surface area (Å²) in [7, 11) is 0. The molecule has 4 unspecified atom stereocenters. The Morgan fingerprint density at radius 3 is 2.56 bits per heavy atom. The van der Waals surface area contributed by atoms with E-state index in [0.717, 1.165) is 18.4 Å². The van der Waals surface area contributed by atoms with Crippen LogP contribution in [0.3, 0.4) is 0 Å². The Kier molecular flexibility index (Phi) is 3.68. The molecule has 1 aliphatic heterocycles. The fourth-order valence-electron chi connectivity index (χ4n) is 3.88. The SMILES string of the molecule is CC1CN(C(=O)C2C3CCCCC32)CC(CBr)O1. The second kappa shape index (κ2) is 5.12. The predicted molar refractivity (Wildman–Crippen MR) is 73.6 cm³/mol. The molecule has 0 bridgehead atoms. The maximum absolute atomic E-state index is 12.6. The summed E-state index contributed by atoms with van der Waals surface area (Å²) in [6, 6.07) is 0. The number of fused-ring (bicyclic) bond motifs is 1. The molecule has 2 saturated carbocycles. The van der Waals surface area contributed by atoms with Crippen LogP contribution in [0.25, 0.3) is 0 Å². The number of alkyl halides is 1. The van der Waals surface area contributed by atoms with E-state index in [1.54, 1.807) is 0 Å². The predicted octanol–water partition coefficient (Wildman–Crippen LogP) is 2.43. The summed E-state index contributed by atoms with van der Waals surface area (Å²) in [6.45, 7) is 3.61. The van der Waals surface area contributed by atoms with Gasteiger partial charge >= 0.3 is 0 Å². The van der Waals surface area contributed by atoms with E-state index in [2.05, 4.69) is 27.8 Å². The normalized spacial score (nSPS) is 43.4. The summed E-state index contributed by atoms with van der Waals surface area (Å²) in [5, 5.41) is 0.818. The van der Waals surface area contributed by atoms with Crippen LogP contribution >= 0.6 is 15.9 Å². The van der Waals surface area contributed by atoms with Crippen molar-refractivity contribution in [2.45, 2.75) is 44.8 Å². The minimum atomic E-state index is 0.165. The summed E-state index contributed by atoms with van der Waals surface area (Å²) >= 11 is 3.47. The van der Waals surface area contributed by atoms with Crippen LogP contribution < -0.4 is 0 Å². The van der Waals surface area contributed by atoms with Crippen molar-refractivity contribution in [1.29, 1.82) is 0 Å². The van der Waals surface area contributed by atoms with E-state index in [1.165, 1.54) is 25.7 Å². The molecule has 0 aromatic heterocycles. The van der Waals surface area contributed by atoms with Gasteiger partial charge in [0.15, 0.2) is 0 Å². The minimum Gasteiger partial charge on any atom is -0.371 e. The standard InChI is InChI=1S/C14H22BrNO2/c1-9-7-16(8-10(6-15)18-9)14(17)13-11-4-2-3-5-12(11)13/h9-13H,2-8H2,1H3. The van der Waals surface area contributed by atoms with Crippen LogP contribution in [0.1, 0.15) is 32.6 Å². The number of carbonyl (C=O) groups excluding carboxylic acids is 1. The molecule has 102 valence electrons. The van der Waals surface area contributed by atoms with E-state index in [0.29, 0.717) is 23.7 Å². The Bertz CT molecular complexity index is 324. The Morgan fingerprint density at radius 2 is 1.94 bits per heavy atom. The maximum atomic E-state index is 12.6. The van der Waals surface area contributed by atoms with Gasteiger partial charge in [0, 0.05) is 24.3 Å². The number of morpholine rings is 1. The van der Waals surface area contributed by atoms with Crippen LogP contribution in [-0.2, 0) is 9.53 Å². The molecule has 4 heteroatoms. The fraction of sp³-hybridized carbons (Fsp3) is 0.929. The third-order valence-corrected chi connectivity index (χ3v) is 5.47. The highest BCUT2D eigenvalue weighted by atomic mass is 79.9. The molecule has 1 amide bonds. The Balaban J connectivity index is 1.62. The third-order valence-electron chi connectivity index (χ3n) is 4.75. The first kappa shape index (κ1) is 12.9. The van der Waals surface area contributed by atoms with E-state index in [-0.39, 0.29) is 12.2 Å². The van der Waals surface area contributed by atoms with Gasteiger partial charge in [-0.25, -0.2) is 0 Å². The van der Waals surface area contributed by atoms with Gasteiger partial charge in [-0.3, -0.25) is 4.79 Å². The number of rotatable bonds is 2. The van der Waals surface area contributed by atoms with Gasteiger partial charge in [-0.05, 0) is 31.6 Å². The molecule has 4 atom stereocenters. The van der Waals surface area contributed by atoms with Gasteiger partial charge in [0.2, 0.25) is 5.91 Å². The summed E-state index contributed by atoms with van der Waals surface area (Å²) in [5.74, 6) is 2.19. The van der Waals surface area contributed by atoms with E-state index in [1.807, 2.05) is 0 Å². The number of amides is 1. The second-order valence-corrected chi connectivity index (χ2v) is 6.75. The molecule has 3 aliphatic rings. The number of carbonyl (C=O) groups is 1. The average molecular weight is 316 g/mol. The molecule has 0 aromatic carbocycles. The lowest BCUT2D eigenvalue weighted by atomic mass is 10.0. The van der Waals surface area contributed by atoms with Crippen LogP contribution in [0, 0.1) is 17.8 Å². The number of ether oxygens (including phenoxy) is 1. The zero-order valence-electron chi connectivity index (χ0n) is 11.0. The highest BCUT2D eigenvalue weighted by molar-refractivity contribution is 9.09. The van der Waals surface area contributed by atoms with Crippen molar-refractivity contribution < 1.29 is 9.53 Å². The van der Waals surface area contributed by atoms with Crippen LogP contribution in [0.5, 0.6) is 0 Å². The minimum absolute atomic E-state index is 0.165. The molecule has 0 spiro atoms. The van der Waals surface area contributed by atoms with E-state index >= 15 is 0 Å². The van der Waals surface area contributed by atoms with E-state index in [4.69, 9.17) is 4.74 Å². The van der Waals surface area contributed by atoms with Crippen molar-refractivity contribution in [3.05, 3.63) is 0 Å². The lowest BCUT2D eigenvalue weighted by Crippen LogP contribution is -2.50. The average Bonchev–Trinajstić information content (AvgIpc) is 3.11. The molecule has 0 aromatic rings. The molecule has 2 aliphatic carbocycles. The number of hydrogen-bond acceptors (Lipinski definition) is 2. The number of halogens is 1. The van der Waals surface area contributed by atoms with Gasteiger partial charge < -0.3 is 9.64 Å². The lowest BCUT2D eigenvalue weighted by molar-refractivity contribution is -0.144. The Labute approximate surface area is 117 Å². The molecule has 3 fully saturated rings. The number of hydrogen-bond donors (Lipinski definition) is 0. The molecular weight excluding hydrogens is 294 g/mol. The highest BCUT2D eigenvalue weighted by Crippen LogP contribution is 2.56. The third kappa shape index (κ3) is 2.34. The zero-order valence-corrected chi connectivity index (χ0v) is 12.6. The molecule has 18 heavy (non-hydrogen) atoms. The van der Waals surface area contributed by atoms with Crippen molar-refractivity contribution in [2.24, 2.45) is 17.8 Å². The topological polar surface area (TPSA) is 29.5 Å². The molecule has 0 N–H and O–H groups in total. The number of nitrogens with zero attached hydrogens (tertiary/aromatic N) is 1. The van der Waals surface area contributed by atoms with Gasteiger partial charge in [0.1, 0.15) is 0 Å². The van der Waals surface area contributed by atoms with Gasteiger partial charge in [-0.1, -0.05) is 28.8 Å². The van der Waals surface area contributed by atoms with Crippen molar-refractivity contribution in [3.8, 4) is 0 Å². The van der Waals surface area contributed by atoms with Gasteiger partial charge in [-0.15, -0.1) is 0 Å². The van der Waals surface area contributed by atoms with Crippen LogP contribution in [0.4, 0.5) is 0 Å². The second-order valence-electron chi connectivity index (χ2n) is 6.10. The molecule has 1 saturated heterocycles. The molecule has 1 heterocycles. The van der Waals surface area contributed by atoms with Crippen LogP contribution in [0.2, 0.25) is 0 Å². The highest BCUT2D eigenvalue weighted by Gasteiger charge is 2.56. The van der Waals surface area contributed by atoms with Crippen molar-refractivity contribution in [3.63, 3.8) is 0 Å². The summed E-state index contributed by atoms with van der Waals surface area (Å²) in [4.78, 5) is 14.6. The van der Waals surface area contributed by atoms with Gasteiger partial charge in [0.25, 0.3) is 0 Å². The Morgan fingerprint density at radius 1 is 1.28 bits per heavy atom. The smallest absolute Gasteiger partial charge is 0.226 e. The first-order valence-corrected chi connectivity index (χ1v) is 8.33. The van der Waals surface area contributed by atoms with Crippen molar-refractivity contribution >= 4 is 21.8 Å². The molecular formula is C14H22BrNO2. The lowest BCUT2D eigenvalue weighted by Gasteiger charge is -2.36. The zero-order chi connectivity index (χ0) is 12.7. The fourth-order valence-corrected chi connectivity index (χ4v) is 4.24. The van der Waals surface area contributed by atoms with E-state index < -0.39 is 0 Å². The quantitative estimate of drug-likeness (QED) is 0.732. The van der Waals surface area contributed by atoms with Gasteiger partial charge in [-0.2, -0.15) is 0 Å². The summed E-state index contributed by atoms with van der Waals surface area (Å²) < 4.78 is 5.79. The molecule has 3 rings (SSSR count). The van der Waals surface area contributed by atoms with Crippen molar-refractivity contribution in [2.75, 3.05) is 18.4 Å². The molecule has 0 radical (unpaired) electrons.